The van der Waals surface area contributed by atoms with Gasteiger partial charge in [0, 0.05) is 17.6 Å². The number of pyridine rings is 1. The van der Waals surface area contributed by atoms with Gasteiger partial charge in [0.25, 0.3) is 5.91 Å². The summed E-state index contributed by atoms with van der Waals surface area (Å²) < 4.78 is 1.70. The lowest BCUT2D eigenvalue weighted by molar-refractivity contribution is 0.0902. The number of aromatic nitrogens is 4. The lowest BCUT2D eigenvalue weighted by atomic mass is 9.84. The molecule has 1 fully saturated rings. The van der Waals surface area contributed by atoms with Gasteiger partial charge in [-0.25, -0.2) is 4.68 Å². The van der Waals surface area contributed by atoms with Crippen molar-refractivity contribution < 1.29 is 4.79 Å². The third-order valence-electron chi connectivity index (χ3n) is 5.47. The van der Waals surface area contributed by atoms with Crippen LogP contribution in [0.15, 0.2) is 36.5 Å². The van der Waals surface area contributed by atoms with Crippen LogP contribution in [0.2, 0.25) is 0 Å². The molecule has 0 saturated heterocycles. The lowest BCUT2D eigenvalue weighted by Gasteiger charge is -2.31. The first kappa shape index (κ1) is 23.1. The molecule has 7 nitrogen and oxygen atoms in total. The second kappa shape index (κ2) is 10.0. The minimum absolute atomic E-state index is 0. The maximum absolute atomic E-state index is 12.8. The molecule has 156 valence electrons. The predicted molar refractivity (Wildman–Crippen MR) is 118 cm³/mol. The van der Waals surface area contributed by atoms with Gasteiger partial charge in [0.1, 0.15) is 0 Å². The molecule has 0 bridgehead atoms. The van der Waals surface area contributed by atoms with Crippen molar-refractivity contribution in [2.45, 2.75) is 38.6 Å². The number of rotatable bonds is 4. The summed E-state index contributed by atoms with van der Waals surface area (Å²) in [6.07, 6.45) is 6.11. The molecule has 0 aliphatic heterocycles. The van der Waals surface area contributed by atoms with E-state index in [0.29, 0.717) is 18.2 Å². The van der Waals surface area contributed by atoms with Crippen LogP contribution in [0.25, 0.3) is 16.6 Å². The second-order valence-corrected chi connectivity index (χ2v) is 7.18. The predicted octanol–water partition coefficient (Wildman–Crippen LogP) is 3.21. The number of amides is 1. The Morgan fingerprint density at radius 2 is 2.03 bits per heavy atom. The molecule has 2 unspecified atom stereocenters. The van der Waals surface area contributed by atoms with Gasteiger partial charge in [-0.15, -0.1) is 29.9 Å². The van der Waals surface area contributed by atoms with Crippen LogP contribution in [0.1, 0.15) is 41.9 Å². The highest BCUT2D eigenvalue weighted by atomic mass is 35.5. The largest absolute Gasteiger partial charge is 0.348 e. The van der Waals surface area contributed by atoms with Crippen LogP contribution in [0.3, 0.4) is 0 Å². The molecule has 0 spiro atoms. The molecule has 2 heterocycles. The minimum Gasteiger partial charge on any atom is -0.348 e. The Balaban J connectivity index is 0.00000150. The number of nitrogens with two attached hydrogens (primary N) is 1. The number of benzene rings is 1. The van der Waals surface area contributed by atoms with Gasteiger partial charge in [-0.2, -0.15) is 0 Å². The molecular formula is C20H26Cl2N6O. The van der Waals surface area contributed by atoms with Crippen LogP contribution in [-0.2, 0) is 0 Å². The number of nitrogens with one attached hydrogen (secondary N) is 1. The third kappa shape index (κ3) is 4.69. The van der Waals surface area contributed by atoms with Crippen molar-refractivity contribution in [1.82, 2.24) is 25.3 Å². The van der Waals surface area contributed by atoms with E-state index in [1.165, 1.54) is 6.42 Å². The summed E-state index contributed by atoms with van der Waals surface area (Å²) in [5.41, 5.74) is 8.73. The van der Waals surface area contributed by atoms with Crippen LogP contribution >= 0.6 is 24.8 Å². The molecule has 1 saturated carbocycles. The Labute approximate surface area is 182 Å². The van der Waals surface area contributed by atoms with Gasteiger partial charge in [-0.1, -0.05) is 24.1 Å². The summed E-state index contributed by atoms with van der Waals surface area (Å²) in [5.74, 6) is 0.164. The summed E-state index contributed by atoms with van der Waals surface area (Å²) >= 11 is 0. The second-order valence-electron chi connectivity index (χ2n) is 7.18. The van der Waals surface area contributed by atoms with Gasteiger partial charge in [0.05, 0.1) is 16.9 Å². The van der Waals surface area contributed by atoms with Crippen molar-refractivity contribution in [2.24, 2.45) is 11.7 Å². The van der Waals surface area contributed by atoms with E-state index in [4.69, 9.17) is 5.73 Å². The monoisotopic (exact) mass is 436 g/mol. The van der Waals surface area contributed by atoms with E-state index in [-0.39, 0.29) is 36.8 Å². The summed E-state index contributed by atoms with van der Waals surface area (Å²) in [7, 11) is 0. The maximum Gasteiger partial charge on any atom is 0.273 e. The maximum atomic E-state index is 12.8. The van der Waals surface area contributed by atoms with Crippen LogP contribution < -0.4 is 11.1 Å². The van der Waals surface area contributed by atoms with E-state index in [0.717, 1.165) is 41.5 Å². The minimum atomic E-state index is -0.174. The fourth-order valence-corrected chi connectivity index (χ4v) is 3.90. The lowest BCUT2D eigenvalue weighted by Crippen LogP contribution is -2.45. The average molecular weight is 437 g/mol. The number of hydrogen-bond acceptors (Lipinski definition) is 5. The Bertz CT molecular complexity index is 977. The number of nitrogens with zero attached hydrogens (tertiary/aromatic N) is 4. The molecule has 9 heteroatoms. The third-order valence-corrected chi connectivity index (χ3v) is 5.47. The zero-order valence-corrected chi connectivity index (χ0v) is 17.9. The summed E-state index contributed by atoms with van der Waals surface area (Å²) in [6.45, 7) is 2.46. The van der Waals surface area contributed by atoms with Crippen molar-refractivity contribution in [2.75, 3.05) is 6.54 Å². The zero-order valence-electron chi connectivity index (χ0n) is 16.2. The highest BCUT2D eigenvalue weighted by Crippen LogP contribution is 2.24. The van der Waals surface area contributed by atoms with Crippen molar-refractivity contribution in [3.63, 3.8) is 0 Å². The number of halogens is 2. The molecular weight excluding hydrogens is 411 g/mol. The molecule has 1 aromatic carbocycles. The Morgan fingerprint density at radius 1 is 1.24 bits per heavy atom. The molecule has 2 aromatic heterocycles. The van der Waals surface area contributed by atoms with Gasteiger partial charge < -0.3 is 11.1 Å². The van der Waals surface area contributed by atoms with Crippen molar-refractivity contribution in [1.29, 1.82) is 0 Å². The topological polar surface area (TPSA) is 98.7 Å². The van der Waals surface area contributed by atoms with E-state index >= 15 is 0 Å². The number of carbonyl (C=O) groups excluding carboxylic acids is 1. The normalized spacial score (nSPS) is 18.6. The molecule has 2 atom stereocenters. The molecule has 0 radical (unpaired) electrons. The molecule has 29 heavy (non-hydrogen) atoms. The Kier molecular flexibility index (Phi) is 7.96. The van der Waals surface area contributed by atoms with E-state index < -0.39 is 0 Å². The van der Waals surface area contributed by atoms with Gasteiger partial charge in [0.2, 0.25) is 0 Å². The van der Waals surface area contributed by atoms with Crippen molar-refractivity contribution >= 4 is 41.6 Å². The van der Waals surface area contributed by atoms with Crippen LogP contribution in [0.4, 0.5) is 0 Å². The zero-order chi connectivity index (χ0) is 18.8. The highest BCUT2D eigenvalue weighted by molar-refractivity contribution is 5.93. The van der Waals surface area contributed by atoms with Crippen LogP contribution in [0.5, 0.6) is 0 Å². The van der Waals surface area contributed by atoms with Crippen LogP contribution in [-0.4, -0.2) is 38.5 Å². The number of fused-ring (bicyclic) bond motifs is 1. The SMILES string of the molecule is Cc1c(C(=O)NC2CCCCC2CN)nnn1-c1ccc2ncccc2c1.Cl.Cl. The van der Waals surface area contributed by atoms with Gasteiger partial charge in [-0.3, -0.25) is 9.78 Å². The summed E-state index contributed by atoms with van der Waals surface area (Å²) in [5, 5.41) is 12.5. The standard InChI is InChI=1S/C20H24N6O.2ClH/c1-13-19(20(27)23-18-7-3-2-5-15(18)12-21)24-25-26(13)16-8-9-17-14(11-16)6-4-10-22-17;;/h4,6,8-11,15,18H,2-3,5,7,12,21H2,1H3,(H,23,27);2*1H. The molecule has 3 N–H and O–H groups in total. The molecule has 1 aliphatic carbocycles. The Morgan fingerprint density at radius 3 is 2.83 bits per heavy atom. The molecule has 3 aromatic rings. The van der Waals surface area contributed by atoms with Crippen LogP contribution in [0, 0.1) is 12.8 Å². The fourth-order valence-electron chi connectivity index (χ4n) is 3.90. The van der Waals surface area contributed by atoms with Gasteiger partial charge in [0.15, 0.2) is 5.69 Å². The smallest absolute Gasteiger partial charge is 0.273 e. The average Bonchev–Trinajstić information content (AvgIpc) is 3.09. The number of carbonyl (C=O) groups is 1. The first-order valence-electron chi connectivity index (χ1n) is 9.46. The fraction of sp³-hybridized carbons (Fsp3) is 0.400. The summed E-state index contributed by atoms with van der Waals surface area (Å²) in [6, 6.07) is 9.90. The number of hydrogen-bond donors (Lipinski definition) is 2. The van der Waals surface area contributed by atoms with Gasteiger partial charge in [-0.05, 0) is 56.5 Å². The first-order chi connectivity index (χ1) is 13.2. The summed E-state index contributed by atoms with van der Waals surface area (Å²) in [4.78, 5) is 17.1. The van der Waals surface area contributed by atoms with E-state index in [2.05, 4.69) is 20.6 Å². The van der Waals surface area contributed by atoms with E-state index in [9.17, 15) is 4.79 Å². The van der Waals surface area contributed by atoms with Crippen molar-refractivity contribution in [3.8, 4) is 5.69 Å². The van der Waals surface area contributed by atoms with Gasteiger partial charge >= 0.3 is 0 Å². The van der Waals surface area contributed by atoms with E-state index in [1.54, 1.807) is 10.9 Å². The highest BCUT2D eigenvalue weighted by Gasteiger charge is 2.27. The van der Waals surface area contributed by atoms with E-state index in [1.807, 2.05) is 37.3 Å². The molecule has 1 amide bonds. The quantitative estimate of drug-likeness (QED) is 0.653. The first-order valence-corrected chi connectivity index (χ1v) is 9.46. The molecule has 4 rings (SSSR count). The molecule has 1 aliphatic rings. The Hall–Kier alpha value is -2.22. The van der Waals surface area contributed by atoms with Crippen molar-refractivity contribution in [3.05, 3.63) is 47.9 Å².